The SMILES string of the molecule is CCCCS(=O)(=O)N1CCC(C(=O)NC2CCN(CCC)CC2)CC1. The highest BCUT2D eigenvalue weighted by molar-refractivity contribution is 7.89. The van der Waals surface area contributed by atoms with Gasteiger partial charge in [0.25, 0.3) is 0 Å². The van der Waals surface area contributed by atoms with E-state index in [0.29, 0.717) is 32.4 Å². The maximum absolute atomic E-state index is 12.5. The summed E-state index contributed by atoms with van der Waals surface area (Å²) in [5, 5.41) is 3.21. The first-order valence-corrected chi connectivity index (χ1v) is 11.6. The molecule has 146 valence electrons. The van der Waals surface area contributed by atoms with E-state index >= 15 is 0 Å². The second kappa shape index (κ2) is 9.88. The Morgan fingerprint density at radius 3 is 2.20 bits per heavy atom. The van der Waals surface area contributed by atoms with Crippen LogP contribution in [0.4, 0.5) is 0 Å². The van der Waals surface area contributed by atoms with E-state index in [4.69, 9.17) is 0 Å². The first kappa shape index (κ1) is 20.6. The third kappa shape index (κ3) is 6.22. The number of likely N-dealkylation sites (tertiary alicyclic amines) is 1. The van der Waals surface area contributed by atoms with Crippen molar-refractivity contribution in [3.8, 4) is 0 Å². The van der Waals surface area contributed by atoms with Gasteiger partial charge in [-0.3, -0.25) is 4.79 Å². The Kier molecular flexibility index (Phi) is 8.16. The Morgan fingerprint density at radius 2 is 1.64 bits per heavy atom. The van der Waals surface area contributed by atoms with Gasteiger partial charge < -0.3 is 10.2 Å². The van der Waals surface area contributed by atoms with Crippen LogP contribution in [0.5, 0.6) is 0 Å². The zero-order valence-corrected chi connectivity index (χ0v) is 16.7. The van der Waals surface area contributed by atoms with Gasteiger partial charge in [-0.1, -0.05) is 20.3 Å². The molecule has 2 fully saturated rings. The van der Waals surface area contributed by atoms with Gasteiger partial charge in [-0.25, -0.2) is 12.7 Å². The Morgan fingerprint density at radius 1 is 1.00 bits per heavy atom. The number of piperidine rings is 2. The van der Waals surface area contributed by atoms with E-state index < -0.39 is 10.0 Å². The summed E-state index contributed by atoms with van der Waals surface area (Å²) in [5.74, 6) is 0.322. The molecule has 2 heterocycles. The first-order chi connectivity index (χ1) is 12.0. The van der Waals surface area contributed by atoms with Crippen LogP contribution in [0.15, 0.2) is 0 Å². The smallest absolute Gasteiger partial charge is 0.223 e. The van der Waals surface area contributed by atoms with E-state index in [-0.39, 0.29) is 23.6 Å². The topological polar surface area (TPSA) is 69.7 Å². The van der Waals surface area contributed by atoms with Crippen LogP contribution in [0.1, 0.15) is 58.8 Å². The number of nitrogens with one attached hydrogen (secondary N) is 1. The molecular weight excluding hydrogens is 338 g/mol. The lowest BCUT2D eigenvalue weighted by Crippen LogP contribution is -2.48. The number of nitrogens with zero attached hydrogens (tertiary/aromatic N) is 2. The second-order valence-corrected chi connectivity index (χ2v) is 9.56. The third-order valence-corrected chi connectivity index (χ3v) is 7.40. The molecule has 6 nitrogen and oxygen atoms in total. The number of hydrogen-bond donors (Lipinski definition) is 1. The lowest BCUT2D eigenvalue weighted by molar-refractivity contribution is -0.127. The van der Waals surface area contributed by atoms with Crippen molar-refractivity contribution >= 4 is 15.9 Å². The Balaban J connectivity index is 1.73. The summed E-state index contributed by atoms with van der Waals surface area (Å²) in [6.07, 6.45) is 6.11. The zero-order chi connectivity index (χ0) is 18.3. The molecule has 1 N–H and O–H groups in total. The van der Waals surface area contributed by atoms with E-state index in [1.54, 1.807) is 4.31 Å². The predicted molar refractivity (Wildman–Crippen MR) is 101 cm³/mol. The molecule has 0 aromatic carbocycles. The summed E-state index contributed by atoms with van der Waals surface area (Å²) in [5.41, 5.74) is 0. The largest absolute Gasteiger partial charge is 0.353 e. The van der Waals surface area contributed by atoms with Crippen molar-refractivity contribution in [2.45, 2.75) is 64.8 Å². The third-order valence-electron chi connectivity index (χ3n) is 5.45. The van der Waals surface area contributed by atoms with Gasteiger partial charge in [0.1, 0.15) is 0 Å². The van der Waals surface area contributed by atoms with Crippen LogP contribution in [-0.2, 0) is 14.8 Å². The summed E-state index contributed by atoms with van der Waals surface area (Å²) in [4.78, 5) is 15.0. The maximum atomic E-state index is 12.5. The van der Waals surface area contributed by atoms with Gasteiger partial charge >= 0.3 is 0 Å². The molecule has 25 heavy (non-hydrogen) atoms. The lowest BCUT2D eigenvalue weighted by Gasteiger charge is -2.34. The van der Waals surface area contributed by atoms with Crippen LogP contribution in [-0.4, -0.2) is 68.0 Å². The van der Waals surface area contributed by atoms with Crippen LogP contribution in [0.25, 0.3) is 0 Å². The molecule has 0 atom stereocenters. The minimum absolute atomic E-state index is 0.0358. The molecule has 0 radical (unpaired) electrons. The molecule has 2 saturated heterocycles. The van der Waals surface area contributed by atoms with Crippen LogP contribution >= 0.6 is 0 Å². The molecule has 2 aliphatic heterocycles. The molecular formula is C18H35N3O3S. The standard InChI is InChI=1S/C18H35N3O3S/c1-3-5-15-25(23,24)21-13-6-16(7-14-21)18(22)19-17-8-11-20(10-4-2)12-9-17/h16-17H,3-15H2,1-2H3,(H,19,22). The lowest BCUT2D eigenvalue weighted by atomic mass is 9.96. The van der Waals surface area contributed by atoms with Crippen molar-refractivity contribution in [1.82, 2.24) is 14.5 Å². The molecule has 0 unspecified atom stereocenters. The maximum Gasteiger partial charge on any atom is 0.223 e. The van der Waals surface area contributed by atoms with Crippen molar-refractivity contribution in [2.75, 3.05) is 38.5 Å². The summed E-state index contributed by atoms with van der Waals surface area (Å²) < 4.78 is 26.1. The molecule has 0 aliphatic carbocycles. The number of sulfonamides is 1. The van der Waals surface area contributed by atoms with Gasteiger partial charge in [0.2, 0.25) is 15.9 Å². The molecule has 2 aliphatic rings. The zero-order valence-electron chi connectivity index (χ0n) is 15.9. The van der Waals surface area contributed by atoms with Gasteiger partial charge in [0.05, 0.1) is 5.75 Å². The predicted octanol–water partition coefficient (Wildman–Crippen LogP) is 1.82. The fraction of sp³-hybridized carbons (Fsp3) is 0.944. The number of carbonyl (C=O) groups is 1. The van der Waals surface area contributed by atoms with Crippen molar-refractivity contribution < 1.29 is 13.2 Å². The van der Waals surface area contributed by atoms with Crippen molar-refractivity contribution in [3.05, 3.63) is 0 Å². The number of hydrogen-bond acceptors (Lipinski definition) is 4. The number of unbranched alkanes of at least 4 members (excludes halogenated alkanes) is 1. The minimum Gasteiger partial charge on any atom is -0.353 e. The summed E-state index contributed by atoms with van der Waals surface area (Å²) in [7, 11) is -3.14. The van der Waals surface area contributed by atoms with Gasteiger partial charge in [-0.2, -0.15) is 0 Å². The van der Waals surface area contributed by atoms with Crippen molar-refractivity contribution in [1.29, 1.82) is 0 Å². The Labute approximate surface area is 153 Å². The molecule has 0 saturated carbocycles. The number of rotatable bonds is 8. The fourth-order valence-corrected chi connectivity index (χ4v) is 5.47. The molecule has 2 rings (SSSR count). The van der Waals surface area contributed by atoms with E-state index in [1.165, 1.54) is 6.42 Å². The van der Waals surface area contributed by atoms with Crippen LogP contribution in [0.2, 0.25) is 0 Å². The van der Waals surface area contributed by atoms with Crippen LogP contribution < -0.4 is 5.32 Å². The van der Waals surface area contributed by atoms with E-state index in [0.717, 1.165) is 38.9 Å². The monoisotopic (exact) mass is 373 g/mol. The highest BCUT2D eigenvalue weighted by Gasteiger charge is 2.31. The van der Waals surface area contributed by atoms with Crippen LogP contribution in [0.3, 0.4) is 0 Å². The van der Waals surface area contributed by atoms with E-state index in [1.807, 2.05) is 6.92 Å². The minimum atomic E-state index is -3.14. The number of carbonyl (C=O) groups excluding carboxylic acids is 1. The summed E-state index contributed by atoms with van der Waals surface area (Å²) in [6, 6.07) is 0.284. The quantitative estimate of drug-likeness (QED) is 0.705. The van der Waals surface area contributed by atoms with E-state index in [9.17, 15) is 13.2 Å². The average molecular weight is 374 g/mol. The normalized spacial score (nSPS) is 22.2. The number of amides is 1. The van der Waals surface area contributed by atoms with Crippen LogP contribution in [0, 0.1) is 5.92 Å². The van der Waals surface area contributed by atoms with Crippen molar-refractivity contribution in [3.63, 3.8) is 0 Å². The first-order valence-electron chi connectivity index (χ1n) is 9.96. The second-order valence-electron chi connectivity index (χ2n) is 7.47. The Hall–Kier alpha value is -0.660. The van der Waals surface area contributed by atoms with E-state index in [2.05, 4.69) is 17.1 Å². The molecule has 0 aromatic heterocycles. The molecule has 7 heteroatoms. The molecule has 0 spiro atoms. The van der Waals surface area contributed by atoms with Crippen molar-refractivity contribution in [2.24, 2.45) is 5.92 Å². The fourth-order valence-electron chi connectivity index (χ4n) is 3.79. The van der Waals surface area contributed by atoms with Gasteiger partial charge in [0, 0.05) is 38.1 Å². The van der Waals surface area contributed by atoms with Gasteiger partial charge in [-0.15, -0.1) is 0 Å². The average Bonchev–Trinajstić information content (AvgIpc) is 2.62. The molecule has 0 aromatic rings. The molecule has 1 amide bonds. The summed E-state index contributed by atoms with van der Waals surface area (Å²) in [6.45, 7) is 8.44. The van der Waals surface area contributed by atoms with Gasteiger partial charge in [0.15, 0.2) is 0 Å². The summed E-state index contributed by atoms with van der Waals surface area (Å²) >= 11 is 0. The highest BCUT2D eigenvalue weighted by atomic mass is 32.2. The molecule has 0 bridgehead atoms. The van der Waals surface area contributed by atoms with Gasteiger partial charge in [-0.05, 0) is 45.1 Å². The highest BCUT2D eigenvalue weighted by Crippen LogP contribution is 2.21. The Bertz CT molecular complexity index is 508.